The van der Waals surface area contributed by atoms with Crippen LogP contribution in [0.1, 0.15) is 18.0 Å². The number of hydrogen-bond donors (Lipinski definition) is 2. The van der Waals surface area contributed by atoms with Gasteiger partial charge in [0, 0.05) is 18.2 Å². The van der Waals surface area contributed by atoms with Crippen molar-refractivity contribution in [1.82, 2.24) is 4.98 Å². The molecular formula is C8H10ClFN2O. The fourth-order valence-corrected chi connectivity index (χ4v) is 1.24. The van der Waals surface area contributed by atoms with Crippen LogP contribution >= 0.6 is 11.6 Å². The molecule has 1 aromatic heterocycles. The van der Waals surface area contributed by atoms with Crippen LogP contribution in [0.3, 0.4) is 0 Å². The third-order valence-electron chi connectivity index (χ3n) is 1.67. The summed E-state index contributed by atoms with van der Waals surface area (Å²) in [7, 11) is 0. The van der Waals surface area contributed by atoms with Crippen LogP contribution in [-0.4, -0.2) is 16.7 Å². The molecular weight excluding hydrogens is 195 g/mol. The molecule has 3 N–H and O–H groups in total. The lowest BCUT2D eigenvalue weighted by Gasteiger charge is -2.10. The highest BCUT2D eigenvalue weighted by Crippen LogP contribution is 2.21. The zero-order valence-corrected chi connectivity index (χ0v) is 7.63. The number of rotatable bonds is 3. The van der Waals surface area contributed by atoms with Gasteiger partial charge in [0.15, 0.2) is 0 Å². The Kier molecular flexibility index (Phi) is 3.59. The number of nitrogens with two attached hydrogens (primary N) is 1. The molecule has 0 spiro atoms. The van der Waals surface area contributed by atoms with Crippen molar-refractivity contribution >= 4 is 11.6 Å². The van der Waals surface area contributed by atoms with E-state index < -0.39 is 11.9 Å². The van der Waals surface area contributed by atoms with Crippen molar-refractivity contribution in [1.29, 1.82) is 0 Å². The van der Waals surface area contributed by atoms with E-state index >= 15 is 0 Å². The Bertz CT molecular complexity index is 295. The summed E-state index contributed by atoms with van der Waals surface area (Å²) in [6.45, 7) is -0.0615. The van der Waals surface area contributed by atoms with Gasteiger partial charge in [-0.3, -0.25) is 0 Å². The molecule has 0 amide bonds. The van der Waals surface area contributed by atoms with Crippen molar-refractivity contribution in [2.24, 2.45) is 5.73 Å². The second-order valence-corrected chi connectivity index (χ2v) is 3.01. The van der Waals surface area contributed by atoms with Gasteiger partial charge in [-0.2, -0.15) is 0 Å². The highest BCUT2D eigenvalue weighted by atomic mass is 35.5. The van der Waals surface area contributed by atoms with Crippen LogP contribution in [0, 0.1) is 5.82 Å². The summed E-state index contributed by atoms with van der Waals surface area (Å²) >= 11 is 5.69. The molecule has 0 unspecified atom stereocenters. The van der Waals surface area contributed by atoms with Crippen LogP contribution in [0.2, 0.25) is 5.15 Å². The van der Waals surface area contributed by atoms with E-state index in [0.29, 0.717) is 12.0 Å². The molecule has 1 heterocycles. The first kappa shape index (κ1) is 10.4. The van der Waals surface area contributed by atoms with E-state index in [4.69, 9.17) is 22.4 Å². The number of nitrogens with zero attached hydrogens (tertiary/aromatic N) is 1. The van der Waals surface area contributed by atoms with E-state index in [0.717, 1.165) is 6.20 Å². The molecule has 1 rings (SSSR count). The topological polar surface area (TPSA) is 59.1 Å². The molecule has 5 heteroatoms. The first-order valence-corrected chi connectivity index (χ1v) is 4.20. The van der Waals surface area contributed by atoms with Gasteiger partial charge in [-0.25, -0.2) is 9.37 Å². The third kappa shape index (κ3) is 2.62. The average Bonchev–Trinajstić information content (AvgIpc) is 2.09. The minimum Gasteiger partial charge on any atom is -0.396 e. The zero-order chi connectivity index (χ0) is 9.84. The van der Waals surface area contributed by atoms with Crippen LogP contribution in [0.15, 0.2) is 12.3 Å². The minimum absolute atomic E-state index is 0.0615. The van der Waals surface area contributed by atoms with Crippen LogP contribution in [0.5, 0.6) is 0 Å². The van der Waals surface area contributed by atoms with Gasteiger partial charge >= 0.3 is 0 Å². The monoisotopic (exact) mass is 204 g/mol. The van der Waals surface area contributed by atoms with E-state index in [1.807, 2.05) is 0 Å². The van der Waals surface area contributed by atoms with Gasteiger partial charge in [0.1, 0.15) is 11.0 Å². The SMILES string of the molecule is N[C@H](CCO)c1cc(F)cnc1Cl. The fraction of sp³-hybridized carbons (Fsp3) is 0.375. The van der Waals surface area contributed by atoms with Crippen LogP contribution < -0.4 is 5.73 Å². The summed E-state index contributed by atoms with van der Waals surface area (Å²) in [5, 5.41) is 8.80. The smallest absolute Gasteiger partial charge is 0.141 e. The predicted octanol–water partition coefficient (Wildman–Crippen LogP) is 1.26. The van der Waals surface area contributed by atoms with E-state index in [1.165, 1.54) is 6.07 Å². The zero-order valence-electron chi connectivity index (χ0n) is 6.87. The summed E-state index contributed by atoms with van der Waals surface area (Å²) in [6.07, 6.45) is 1.36. The fourth-order valence-electron chi connectivity index (χ4n) is 0.993. The average molecular weight is 205 g/mol. The summed E-state index contributed by atoms with van der Waals surface area (Å²) < 4.78 is 12.7. The molecule has 1 aromatic rings. The molecule has 13 heavy (non-hydrogen) atoms. The van der Waals surface area contributed by atoms with Gasteiger partial charge in [-0.1, -0.05) is 11.6 Å². The van der Waals surface area contributed by atoms with Crippen molar-refractivity contribution in [3.63, 3.8) is 0 Å². The van der Waals surface area contributed by atoms with Gasteiger partial charge in [0.05, 0.1) is 6.20 Å². The molecule has 0 radical (unpaired) electrons. The van der Waals surface area contributed by atoms with Gasteiger partial charge < -0.3 is 10.8 Å². The Morgan fingerprint density at radius 2 is 2.38 bits per heavy atom. The quantitative estimate of drug-likeness (QED) is 0.729. The molecule has 0 bridgehead atoms. The molecule has 72 valence electrons. The standard InChI is InChI=1S/C8H10ClFN2O/c9-8-6(7(11)1-2-13)3-5(10)4-12-8/h3-4,7,13H,1-2,11H2/t7-/m1/s1. The molecule has 0 fully saturated rings. The number of aliphatic hydroxyl groups excluding tert-OH is 1. The lowest BCUT2D eigenvalue weighted by atomic mass is 10.1. The maximum Gasteiger partial charge on any atom is 0.141 e. The molecule has 0 aliphatic rings. The minimum atomic E-state index is -0.479. The van der Waals surface area contributed by atoms with Crippen LogP contribution in [-0.2, 0) is 0 Å². The number of aromatic nitrogens is 1. The maximum atomic E-state index is 12.7. The van der Waals surface area contributed by atoms with Crippen molar-refractivity contribution in [2.45, 2.75) is 12.5 Å². The van der Waals surface area contributed by atoms with Crippen molar-refractivity contribution < 1.29 is 9.50 Å². The first-order chi connectivity index (χ1) is 6.15. The van der Waals surface area contributed by atoms with E-state index in [2.05, 4.69) is 4.98 Å². The normalized spacial score (nSPS) is 12.9. The van der Waals surface area contributed by atoms with E-state index in [1.54, 1.807) is 0 Å². The van der Waals surface area contributed by atoms with Crippen molar-refractivity contribution in [3.05, 3.63) is 28.8 Å². The molecule has 3 nitrogen and oxygen atoms in total. The maximum absolute atomic E-state index is 12.7. The second kappa shape index (κ2) is 4.50. The van der Waals surface area contributed by atoms with Crippen molar-refractivity contribution in [2.75, 3.05) is 6.61 Å². The molecule has 0 saturated heterocycles. The Labute approximate surface area is 80.3 Å². The molecule has 0 saturated carbocycles. The van der Waals surface area contributed by atoms with Crippen LogP contribution in [0.25, 0.3) is 0 Å². The third-order valence-corrected chi connectivity index (χ3v) is 1.99. The highest BCUT2D eigenvalue weighted by molar-refractivity contribution is 6.30. The van der Waals surface area contributed by atoms with Crippen LogP contribution in [0.4, 0.5) is 4.39 Å². The Balaban J connectivity index is 2.91. The van der Waals surface area contributed by atoms with Gasteiger partial charge in [-0.05, 0) is 12.5 Å². The largest absolute Gasteiger partial charge is 0.396 e. The molecule has 0 aliphatic heterocycles. The number of halogens is 2. The van der Waals surface area contributed by atoms with Gasteiger partial charge in [0.25, 0.3) is 0 Å². The Morgan fingerprint density at radius 3 is 3.00 bits per heavy atom. The predicted molar refractivity (Wildman–Crippen MR) is 47.8 cm³/mol. The Hall–Kier alpha value is -0.710. The molecule has 0 aromatic carbocycles. The Morgan fingerprint density at radius 1 is 1.69 bits per heavy atom. The number of pyridine rings is 1. The van der Waals surface area contributed by atoms with Crippen molar-refractivity contribution in [3.8, 4) is 0 Å². The van der Waals surface area contributed by atoms with E-state index in [-0.39, 0.29) is 11.8 Å². The summed E-state index contributed by atoms with van der Waals surface area (Å²) in [5.74, 6) is -0.479. The summed E-state index contributed by atoms with van der Waals surface area (Å²) in [4.78, 5) is 3.61. The summed E-state index contributed by atoms with van der Waals surface area (Å²) in [5.41, 5.74) is 6.05. The second-order valence-electron chi connectivity index (χ2n) is 2.65. The van der Waals surface area contributed by atoms with Gasteiger partial charge in [0.2, 0.25) is 0 Å². The van der Waals surface area contributed by atoms with E-state index in [9.17, 15) is 4.39 Å². The highest BCUT2D eigenvalue weighted by Gasteiger charge is 2.11. The summed E-state index contributed by atoms with van der Waals surface area (Å²) in [6, 6.07) is 0.760. The molecule has 0 aliphatic carbocycles. The number of hydrogen-bond acceptors (Lipinski definition) is 3. The lowest BCUT2D eigenvalue weighted by molar-refractivity contribution is 0.276. The molecule has 1 atom stereocenters. The first-order valence-electron chi connectivity index (χ1n) is 3.82. The lowest BCUT2D eigenvalue weighted by Crippen LogP contribution is -2.13. The number of aliphatic hydroxyl groups is 1. The van der Waals surface area contributed by atoms with Gasteiger partial charge in [-0.15, -0.1) is 0 Å².